The molecule has 0 saturated heterocycles. The number of nitrogens with one attached hydrogen (secondary N) is 1. The monoisotopic (exact) mass is 216 g/mol. The third-order valence-corrected chi connectivity index (χ3v) is 2.42. The van der Waals surface area contributed by atoms with E-state index < -0.39 is 0 Å². The van der Waals surface area contributed by atoms with Gasteiger partial charge in [0.2, 0.25) is 5.91 Å². The van der Waals surface area contributed by atoms with Crippen molar-refractivity contribution in [2.75, 3.05) is 27.7 Å². The van der Waals surface area contributed by atoms with Crippen LogP contribution in [0.5, 0.6) is 0 Å². The molecule has 1 N–H and O–H groups in total. The lowest BCUT2D eigenvalue weighted by atomic mass is 10.0. The summed E-state index contributed by atoms with van der Waals surface area (Å²) < 4.78 is 4.97. The molecule has 0 aromatic heterocycles. The van der Waals surface area contributed by atoms with Crippen molar-refractivity contribution < 1.29 is 9.53 Å². The van der Waals surface area contributed by atoms with Gasteiger partial charge >= 0.3 is 0 Å². The second kappa shape index (κ2) is 6.80. The predicted molar refractivity (Wildman–Crippen MR) is 61.8 cm³/mol. The zero-order chi connectivity index (χ0) is 12.0. The molecule has 4 nitrogen and oxygen atoms in total. The van der Waals surface area contributed by atoms with Gasteiger partial charge in [0, 0.05) is 19.7 Å². The first-order chi connectivity index (χ1) is 6.88. The maximum absolute atomic E-state index is 11.6. The number of hydrogen-bond acceptors (Lipinski definition) is 3. The molecule has 0 spiro atoms. The number of amides is 1. The Labute approximate surface area is 93.0 Å². The molecule has 0 rings (SSSR count). The number of rotatable bonds is 6. The molecular formula is C11H24N2O2. The normalized spacial score (nSPS) is 15.5. The quantitative estimate of drug-likeness (QED) is 0.711. The third kappa shape index (κ3) is 5.74. The molecule has 0 aromatic carbocycles. The van der Waals surface area contributed by atoms with Crippen molar-refractivity contribution in [2.24, 2.45) is 5.92 Å². The first kappa shape index (κ1) is 14.4. The Morgan fingerprint density at radius 1 is 1.33 bits per heavy atom. The summed E-state index contributed by atoms with van der Waals surface area (Å²) in [6.45, 7) is 6.81. The fraction of sp³-hybridized carbons (Fsp3) is 0.909. The highest BCUT2D eigenvalue weighted by atomic mass is 16.5. The molecule has 0 aliphatic carbocycles. The van der Waals surface area contributed by atoms with Crippen molar-refractivity contribution >= 4 is 5.91 Å². The summed E-state index contributed by atoms with van der Waals surface area (Å²) in [5.41, 5.74) is 0. The Balaban J connectivity index is 4.22. The van der Waals surface area contributed by atoms with E-state index in [0.29, 0.717) is 5.92 Å². The van der Waals surface area contributed by atoms with Gasteiger partial charge in [-0.05, 0) is 26.9 Å². The highest BCUT2D eigenvalue weighted by Crippen LogP contribution is 2.03. The smallest absolute Gasteiger partial charge is 0.249 e. The van der Waals surface area contributed by atoms with E-state index in [2.05, 4.69) is 24.1 Å². The molecule has 1 amide bonds. The van der Waals surface area contributed by atoms with Crippen LogP contribution >= 0.6 is 0 Å². The maximum atomic E-state index is 11.6. The Kier molecular flexibility index (Phi) is 6.52. The number of likely N-dealkylation sites (N-methyl/N-ethyl adjacent to an activating group) is 1. The first-order valence-electron chi connectivity index (χ1n) is 5.36. The van der Waals surface area contributed by atoms with Gasteiger partial charge in [-0.2, -0.15) is 0 Å². The first-order valence-corrected chi connectivity index (χ1v) is 5.36. The summed E-state index contributed by atoms with van der Waals surface area (Å²) in [6.07, 6.45) is -0.381. The number of hydrogen-bond donors (Lipinski definition) is 1. The summed E-state index contributed by atoms with van der Waals surface area (Å²) in [6, 6.07) is 0.171. The van der Waals surface area contributed by atoms with E-state index in [1.807, 2.05) is 14.1 Å². The van der Waals surface area contributed by atoms with Gasteiger partial charge in [-0.25, -0.2) is 0 Å². The van der Waals surface area contributed by atoms with Crippen LogP contribution in [0.15, 0.2) is 0 Å². The van der Waals surface area contributed by atoms with E-state index in [-0.39, 0.29) is 18.1 Å². The molecule has 15 heavy (non-hydrogen) atoms. The van der Waals surface area contributed by atoms with Gasteiger partial charge in [0.15, 0.2) is 0 Å². The highest BCUT2D eigenvalue weighted by Gasteiger charge is 2.20. The number of carbonyl (C=O) groups is 1. The lowest BCUT2D eigenvalue weighted by Crippen LogP contribution is -2.48. The van der Waals surface area contributed by atoms with Crippen LogP contribution in [0.2, 0.25) is 0 Å². The lowest BCUT2D eigenvalue weighted by molar-refractivity contribution is -0.131. The van der Waals surface area contributed by atoms with E-state index in [1.165, 1.54) is 0 Å². The van der Waals surface area contributed by atoms with Crippen LogP contribution in [-0.2, 0) is 9.53 Å². The molecule has 0 aromatic rings. The van der Waals surface area contributed by atoms with Crippen LogP contribution in [0.4, 0.5) is 0 Å². The Hall–Kier alpha value is -0.610. The molecule has 0 saturated carbocycles. The van der Waals surface area contributed by atoms with Crippen LogP contribution in [0, 0.1) is 5.92 Å². The van der Waals surface area contributed by atoms with Gasteiger partial charge in [-0.1, -0.05) is 13.8 Å². The van der Waals surface area contributed by atoms with Crippen LogP contribution in [0.3, 0.4) is 0 Å². The standard InChI is InChI=1S/C11H24N2O2/c1-8(2)10(7-13(4)5)12-11(14)9(3)15-6/h8-10H,7H2,1-6H3,(H,12,14). The summed E-state index contributed by atoms with van der Waals surface area (Å²) in [7, 11) is 5.54. The molecule has 2 atom stereocenters. The number of methoxy groups -OCH3 is 1. The summed E-state index contributed by atoms with van der Waals surface area (Å²) in [5.74, 6) is 0.374. The zero-order valence-corrected chi connectivity index (χ0v) is 10.7. The van der Waals surface area contributed by atoms with Gasteiger partial charge in [-0.3, -0.25) is 4.79 Å². The average molecular weight is 216 g/mol. The molecule has 0 aliphatic heterocycles. The second-order valence-corrected chi connectivity index (χ2v) is 4.50. The van der Waals surface area contributed by atoms with Gasteiger partial charge in [0.25, 0.3) is 0 Å². The van der Waals surface area contributed by atoms with E-state index >= 15 is 0 Å². The Morgan fingerprint density at radius 3 is 2.20 bits per heavy atom. The lowest BCUT2D eigenvalue weighted by Gasteiger charge is -2.26. The van der Waals surface area contributed by atoms with Crippen molar-refractivity contribution in [1.82, 2.24) is 10.2 Å². The molecule has 2 unspecified atom stereocenters. The minimum Gasteiger partial charge on any atom is -0.372 e. The fourth-order valence-electron chi connectivity index (χ4n) is 1.22. The fourth-order valence-corrected chi connectivity index (χ4v) is 1.22. The van der Waals surface area contributed by atoms with Gasteiger partial charge in [-0.15, -0.1) is 0 Å². The molecule has 0 heterocycles. The Morgan fingerprint density at radius 2 is 1.87 bits per heavy atom. The maximum Gasteiger partial charge on any atom is 0.249 e. The summed E-state index contributed by atoms with van der Waals surface area (Å²) in [5, 5.41) is 2.99. The minimum absolute atomic E-state index is 0.0435. The molecular weight excluding hydrogens is 192 g/mol. The van der Waals surface area contributed by atoms with Gasteiger partial charge in [0.1, 0.15) is 6.10 Å². The molecule has 0 fully saturated rings. The molecule has 0 radical (unpaired) electrons. The summed E-state index contributed by atoms with van der Waals surface area (Å²) in [4.78, 5) is 13.7. The van der Waals surface area contributed by atoms with E-state index in [0.717, 1.165) is 6.54 Å². The van der Waals surface area contributed by atoms with E-state index in [4.69, 9.17) is 4.74 Å². The van der Waals surface area contributed by atoms with Crippen LogP contribution < -0.4 is 5.32 Å². The molecule has 90 valence electrons. The molecule has 0 aliphatic rings. The predicted octanol–water partition coefficient (Wildman–Crippen LogP) is 0.724. The Bertz CT molecular complexity index is 193. The van der Waals surface area contributed by atoms with Crippen molar-refractivity contribution in [1.29, 1.82) is 0 Å². The van der Waals surface area contributed by atoms with E-state index in [1.54, 1.807) is 14.0 Å². The third-order valence-electron chi connectivity index (χ3n) is 2.42. The van der Waals surface area contributed by atoms with Crippen molar-refractivity contribution in [3.63, 3.8) is 0 Å². The van der Waals surface area contributed by atoms with Crippen LogP contribution in [-0.4, -0.2) is 50.7 Å². The second-order valence-electron chi connectivity index (χ2n) is 4.50. The van der Waals surface area contributed by atoms with Crippen molar-refractivity contribution in [2.45, 2.75) is 32.9 Å². The van der Waals surface area contributed by atoms with Gasteiger partial charge in [0.05, 0.1) is 0 Å². The number of carbonyl (C=O) groups excluding carboxylic acids is 1. The van der Waals surface area contributed by atoms with Gasteiger partial charge < -0.3 is 15.0 Å². The summed E-state index contributed by atoms with van der Waals surface area (Å²) >= 11 is 0. The molecule has 4 heteroatoms. The minimum atomic E-state index is -0.381. The largest absolute Gasteiger partial charge is 0.372 e. The van der Waals surface area contributed by atoms with Crippen molar-refractivity contribution in [3.05, 3.63) is 0 Å². The average Bonchev–Trinajstić information content (AvgIpc) is 2.14. The topological polar surface area (TPSA) is 41.6 Å². The van der Waals surface area contributed by atoms with Crippen LogP contribution in [0.25, 0.3) is 0 Å². The SMILES string of the molecule is COC(C)C(=O)NC(CN(C)C)C(C)C. The van der Waals surface area contributed by atoms with Crippen molar-refractivity contribution in [3.8, 4) is 0 Å². The van der Waals surface area contributed by atoms with E-state index in [9.17, 15) is 4.79 Å². The number of nitrogens with zero attached hydrogens (tertiary/aromatic N) is 1. The molecule has 0 bridgehead atoms. The van der Waals surface area contributed by atoms with Crippen LogP contribution in [0.1, 0.15) is 20.8 Å². The highest BCUT2D eigenvalue weighted by molar-refractivity contribution is 5.80. The zero-order valence-electron chi connectivity index (χ0n) is 10.7. The number of ether oxygens (including phenoxy) is 1.